The second-order valence-electron chi connectivity index (χ2n) is 12.4. The molecule has 7 aromatic rings. The van der Waals surface area contributed by atoms with Crippen LogP contribution >= 0.6 is 0 Å². The number of nitrogens with zero attached hydrogens (tertiary/aromatic N) is 3. The quantitative estimate of drug-likeness (QED) is 0.221. The summed E-state index contributed by atoms with van der Waals surface area (Å²) in [5, 5.41) is 3.19. The van der Waals surface area contributed by atoms with Gasteiger partial charge in [-0.05, 0) is 96.5 Å². The van der Waals surface area contributed by atoms with Crippen molar-refractivity contribution in [3.05, 3.63) is 114 Å². The summed E-state index contributed by atoms with van der Waals surface area (Å²) in [6.07, 6.45) is 1.96. The smallest absolute Gasteiger partial charge is 0.227 e. The molecule has 4 heterocycles. The first-order valence-corrected chi connectivity index (χ1v) is 14.4. The van der Waals surface area contributed by atoms with Crippen LogP contribution in [-0.2, 0) is 5.41 Å². The number of hydrogen-bond acceptors (Lipinski definition) is 4. The molecule has 4 aromatic heterocycles. The molecule has 0 aliphatic heterocycles. The van der Waals surface area contributed by atoms with Gasteiger partial charge in [-0.15, -0.1) is 0 Å². The number of fused-ring (bicyclic) bond motifs is 4. The standard InChI is InChI=1S/C38H33N3O/c1-22-18-34-26(13-17-33(41-34)25-11-14-27(15-12-25)38(4,5)6)19-31(22)32-20-35(39-21-23(32)2)30-9-7-8-28-29-16-10-24(3)40-37(29)42-36(28)30/h7-21H,1-6H3. The summed E-state index contributed by atoms with van der Waals surface area (Å²) in [7, 11) is 0. The van der Waals surface area contributed by atoms with Crippen LogP contribution < -0.4 is 0 Å². The van der Waals surface area contributed by atoms with Crippen molar-refractivity contribution in [1.29, 1.82) is 0 Å². The minimum absolute atomic E-state index is 0.128. The molecule has 206 valence electrons. The summed E-state index contributed by atoms with van der Waals surface area (Å²) < 4.78 is 6.29. The third-order valence-electron chi connectivity index (χ3n) is 8.25. The van der Waals surface area contributed by atoms with Crippen molar-refractivity contribution < 1.29 is 4.42 Å². The first kappa shape index (κ1) is 26.1. The summed E-state index contributed by atoms with van der Waals surface area (Å²) in [6.45, 7) is 13.0. The molecule has 0 radical (unpaired) electrons. The number of rotatable bonds is 3. The van der Waals surface area contributed by atoms with Gasteiger partial charge in [0.1, 0.15) is 5.58 Å². The zero-order chi connectivity index (χ0) is 29.2. The van der Waals surface area contributed by atoms with E-state index in [1.54, 1.807) is 0 Å². The predicted octanol–water partition coefficient (Wildman–Crippen LogP) is 10.1. The van der Waals surface area contributed by atoms with Crippen LogP contribution in [0.5, 0.6) is 0 Å². The van der Waals surface area contributed by atoms with Crippen LogP contribution in [0.15, 0.2) is 95.5 Å². The van der Waals surface area contributed by atoms with Gasteiger partial charge in [-0.25, -0.2) is 9.97 Å². The van der Waals surface area contributed by atoms with Gasteiger partial charge in [0.25, 0.3) is 0 Å². The third kappa shape index (κ3) is 4.44. The topological polar surface area (TPSA) is 51.8 Å². The van der Waals surface area contributed by atoms with Crippen LogP contribution in [0.4, 0.5) is 0 Å². The van der Waals surface area contributed by atoms with Gasteiger partial charge in [0.15, 0.2) is 0 Å². The molecule has 0 atom stereocenters. The number of benzene rings is 3. The lowest BCUT2D eigenvalue weighted by Gasteiger charge is -2.19. The van der Waals surface area contributed by atoms with Crippen LogP contribution in [0, 0.1) is 20.8 Å². The van der Waals surface area contributed by atoms with Gasteiger partial charge in [0, 0.05) is 39.2 Å². The fraction of sp³-hybridized carbons (Fsp3) is 0.184. The minimum Gasteiger partial charge on any atom is -0.437 e. The summed E-state index contributed by atoms with van der Waals surface area (Å²) >= 11 is 0. The Hall–Kier alpha value is -4.83. The van der Waals surface area contributed by atoms with Crippen LogP contribution in [-0.4, -0.2) is 15.0 Å². The Kier molecular flexibility index (Phi) is 5.98. The maximum absolute atomic E-state index is 6.29. The first-order chi connectivity index (χ1) is 20.2. The maximum Gasteiger partial charge on any atom is 0.227 e. The molecule has 0 fully saturated rings. The molecule has 0 amide bonds. The summed E-state index contributed by atoms with van der Waals surface area (Å²) in [6, 6.07) is 30.1. The lowest BCUT2D eigenvalue weighted by Crippen LogP contribution is -2.10. The molecule has 42 heavy (non-hydrogen) atoms. The molecule has 4 nitrogen and oxygen atoms in total. The molecule has 7 rings (SSSR count). The summed E-state index contributed by atoms with van der Waals surface area (Å²) in [4.78, 5) is 14.5. The molecule has 0 aliphatic rings. The van der Waals surface area contributed by atoms with Crippen LogP contribution in [0.3, 0.4) is 0 Å². The number of para-hydroxylation sites is 1. The van der Waals surface area contributed by atoms with Crippen molar-refractivity contribution in [2.24, 2.45) is 0 Å². The zero-order valence-electron chi connectivity index (χ0n) is 24.9. The molecule has 4 heteroatoms. The minimum atomic E-state index is 0.128. The van der Waals surface area contributed by atoms with E-state index in [4.69, 9.17) is 14.4 Å². The van der Waals surface area contributed by atoms with Crippen molar-refractivity contribution in [3.8, 4) is 33.6 Å². The third-order valence-corrected chi connectivity index (χ3v) is 8.25. The van der Waals surface area contributed by atoms with E-state index in [-0.39, 0.29) is 5.41 Å². The van der Waals surface area contributed by atoms with E-state index in [0.717, 1.165) is 66.6 Å². The molecule has 0 aliphatic carbocycles. The maximum atomic E-state index is 6.29. The monoisotopic (exact) mass is 547 g/mol. The molecule has 0 saturated carbocycles. The predicted molar refractivity (Wildman–Crippen MR) is 174 cm³/mol. The van der Waals surface area contributed by atoms with Crippen molar-refractivity contribution >= 4 is 33.0 Å². The fourth-order valence-electron chi connectivity index (χ4n) is 5.80. The average Bonchev–Trinajstić information content (AvgIpc) is 3.34. The molecule has 0 unspecified atom stereocenters. The van der Waals surface area contributed by atoms with Gasteiger partial charge in [-0.3, -0.25) is 4.98 Å². The zero-order valence-corrected chi connectivity index (χ0v) is 24.9. The highest BCUT2D eigenvalue weighted by Gasteiger charge is 2.17. The number of aromatic nitrogens is 3. The van der Waals surface area contributed by atoms with Crippen molar-refractivity contribution in [3.63, 3.8) is 0 Å². The number of hydrogen-bond donors (Lipinski definition) is 0. The number of aryl methyl sites for hydroxylation is 3. The Morgan fingerprint density at radius 1 is 0.643 bits per heavy atom. The van der Waals surface area contributed by atoms with Gasteiger partial charge in [-0.2, -0.15) is 0 Å². The summed E-state index contributed by atoms with van der Waals surface area (Å²) in [5.74, 6) is 0. The van der Waals surface area contributed by atoms with Crippen LogP contribution in [0.25, 0.3) is 66.6 Å². The lowest BCUT2D eigenvalue weighted by atomic mass is 9.86. The highest BCUT2D eigenvalue weighted by molar-refractivity contribution is 6.08. The van der Waals surface area contributed by atoms with Crippen LogP contribution in [0.2, 0.25) is 0 Å². The van der Waals surface area contributed by atoms with E-state index in [1.807, 2.05) is 19.2 Å². The Labute approximate surface area is 246 Å². The largest absolute Gasteiger partial charge is 0.437 e. The first-order valence-electron chi connectivity index (χ1n) is 14.4. The van der Waals surface area contributed by atoms with E-state index in [2.05, 4.69) is 118 Å². The normalized spacial score (nSPS) is 12.0. The Bertz CT molecular complexity index is 2150. The van der Waals surface area contributed by atoms with Gasteiger partial charge in [0.05, 0.1) is 16.9 Å². The Morgan fingerprint density at radius 3 is 2.21 bits per heavy atom. The molecule has 0 spiro atoms. The summed E-state index contributed by atoms with van der Waals surface area (Å²) in [5.41, 5.74) is 13.5. The Morgan fingerprint density at radius 2 is 1.43 bits per heavy atom. The highest BCUT2D eigenvalue weighted by Crippen LogP contribution is 2.38. The molecule has 3 aromatic carbocycles. The number of furan rings is 1. The lowest BCUT2D eigenvalue weighted by molar-refractivity contribution is 0.590. The van der Waals surface area contributed by atoms with Gasteiger partial charge < -0.3 is 4.42 Å². The molecule has 0 bridgehead atoms. The van der Waals surface area contributed by atoms with Gasteiger partial charge in [0.2, 0.25) is 5.71 Å². The average molecular weight is 548 g/mol. The molecule has 0 N–H and O–H groups in total. The van der Waals surface area contributed by atoms with Gasteiger partial charge in [-0.1, -0.05) is 63.2 Å². The molecular formula is C38H33N3O. The fourth-order valence-corrected chi connectivity index (χ4v) is 5.80. The van der Waals surface area contributed by atoms with E-state index < -0.39 is 0 Å². The van der Waals surface area contributed by atoms with E-state index in [9.17, 15) is 0 Å². The molecular weight excluding hydrogens is 514 g/mol. The SMILES string of the molecule is Cc1ccc2c(n1)oc1c(-c3cc(-c4cc5ccc(-c6ccc(C(C)(C)C)cc6)nc5cc4C)c(C)cn3)cccc12. The van der Waals surface area contributed by atoms with E-state index >= 15 is 0 Å². The molecule has 0 saturated heterocycles. The second-order valence-corrected chi connectivity index (χ2v) is 12.4. The van der Waals surface area contributed by atoms with Crippen molar-refractivity contribution in [1.82, 2.24) is 15.0 Å². The Balaban J connectivity index is 1.30. The van der Waals surface area contributed by atoms with Crippen molar-refractivity contribution in [2.75, 3.05) is 0 Å². The van der Waals surface area contributed by atoms with Crippen LogP contribution in [0.1, 0.15) is 43.2 Å². The van der Waals surface area contributed by atoms with E-state index in [0.29, 0.717) is 5.71 Å². The van der Waals surface area contributed by atoms with Crippen molar-refractivity contribution in [2.45, 2.75) is 47.0 Å². The highest BCUT2D eigenvalue weighted by atomic mass is 16.3. The van der Waals surface area contributed by atoms with E-state index in [1.165, 1.54) is 16.7 Å². The second kappa shape index (κ2) is 9.63. The van der Waals surface area contributed by atoms with Gasteiger partial charge >= 0.3 is 0 Å². The number of pyridine rings is 3.